The lowest BCUT2D eigenvalue weighted by Gasteiger charge is -2.16. The van der Waals surface area contributed by atoms with Crippen LogP contribution >= 0.6 is 0 Å². The Hall–Kier alpha value is -6.71. The second-order valence-electron chi connectivity index (χ2n) is 12.8. The fourth-order valence-corrected chi connectivity index (χ4v) is 7.48. The first-order valence-electron chi connectivity index (χ1n) is 16.9. The number of hydrogen-bond acceptors (Lipinski definition) is 3. The van der Waals surface area contributed by atoms with E-state index >= 15 is 0 Å². The molecule has 1 aromatic heterocycles. The topological polar surface area (TPSA) is 38.7 Å². The van der Waals surface area contributed by atoms with E-state index in [2.05, 4.69) is 115 Å². The fourth-order valence-electron chi connectivity index (χ4n) is 7.48. The van der Waals surface area contributed by atoms with Gasteiger partial charge < -0.3 is 0 Å². The minimum Gasteiger partial charge on any atom is -0.208 e. The number of aromatic nitrogens is 3. The summed E-state index contributed by atoms with van der Waals surface area (Å²) in [5.41, 5.74) is 12.9. The fraction of sp³-hybridized carbons (Fsp3) is 0. The average molecular weight is 636 g/mol. The van der Waals surface area contributed by atoms with Crippen molar-refractivity contribution in [2.45, 2.75) is 0 Å². The SMILES string of the molecule is c1ccc(-c2nc(-c3ccccc3)nc(-c3ccc(-c4cc5ccccc5cc4-c4ccc5c6c(cccc46)-c4ccccc4-5)cc3)n2)cc1. The lowest BCUT2D eigenvalue weighted by atomic mass is 9.87. The molecule has 0 spiro atoms. The number of nitrogens with zero attached hydrogens (tertiary/aromatic N) is 3. The van der Waals surface area contributed by atoms with Crippen molar-refractivity contribution < 1.29 is 0 Å². The highest BCUT2D eigenvalue weighted by molar-refractivity contribution is 6.19. The van der Waals surface area contributed by atoms with Crippen LogP contribution in [0.1, 0.15) is 0 Å². The number of fused-ring (bicyclic) bond motifs is 4. The molecule has 0 saturated carbocycles. The maximum atomic E-state index is 4.96. The zero-order valence-corrected chi connectivity index (χ0v) is 27.1. The summed E-state index contributed by atoms with van der Waals surface area (Å²) >= 11 is 0. The monoisotopic (exact) mass is 635 g/mol. The van der Waals surface area contributed by atoms with Crippen LogP contribution in [0.15, 0.2) is 176 Å². The minimum atomic E-state index is 0.648. The highest BCUT2D eigenvalue weighted by Crippen LogP contribution is 2.50. The molecule has 50 heavy (non-hydrogen) atoms. The van der Waals surface area contributed by atoms with Crippen LogP contribution in [-0.4, -0.2) is 15.0 Å². The summed E-state index contributed by atoms with van der Waals surface area (Å²) in [6.07, 6.45) is 0. The first kappa shape index (κ1) is 28.3. The Morgan fingerprint density at radius 1 is 0.260 bits per heavy atom. The molecule has 0 radical (unpaired) electrons. The predicted molar refractivity (Wildman–Crippen MR) is 206 cm³/mol. The van der Waals surface area contributed by atoms with Gasteiger partial charge in [-0.1, -0.05) is 164 Å². The Kier molecular flexibility index (Phi) is 6.49. The van der Waals surface area contributed by atoms with Gasteiger partial charge in [0.15, 0.2) is 17.5 Å². The van der Waals surface area contributed by atoms with E-state index in [0.29, 0.717) is 17.5 Å². The van der Waals surface area contributed by atoms with Crippen LogP contribution in [0.25, 0.3) is 100 Å². The molecule has 0 aliphatic heterocycles. The summed E-state index contributed by atoms with van der Waals surface area (Å²) < 4.78 is 0. The van der Waals surface area contributed by atoms with Gasteiger partial charge in [0.05, 0.1) is 0 Å². The van der Waals surface area contributed by atoms with Crippen molar-refractivity contribution in [2.75, 3.05) is 0 Å². The van der Waals surface area contributed by atoms with Crippen LogP contribution in [-0.2, 0) is 0 Å². The summed E-state index contributed by atoms with van der Waals surface area (Å²) in [5, 5.41) is 5.04. The third-order valence-electron chi connectivity index (χ3n) is 9.88. The highest BCUT2D eigenvalue weighted by Gasteiger charge is 2.23. The predicted octanol–water partition coefficient (Wildman–Crippen LogP) is 12.2. The van der Waals surface area contributed by atoms with Crippen LogP contribution in [0.3, 0.4) is 0 Å². The second-order valence-corrected chi connectivity index (χ2v) is 12.8. The molecule has 9 aromatic rings. The zero-order chi connectivity index (χ0) is 33.0. The summed E-state index contributed by atoms with van der Waals surface area (Å²) in [7, 11) is 0. The van der Waals surface area contributed by atoms with Crippen molar-refractivity contribution in [3.63, 3.8) is 0 Å². The maximum Gasteiger partial charge on any atom is 0.164 e. The van der Waals surface area contributed by atoms with Crippen LogP contribution in [0.5, 0.6) is 0 Å². The van der Waals surface area contributed by atoms with Gasteiger partial charge in [0.2, 0.25) is 0 Å². The lowest BCUT2D eigenvalue weighted by molar-refractivity contribution is 1.07. The highest BCUT2D eigenvalue weighted by atomic mass is 15.0. The Bertz CT molecular complexity index is 2650. The van der Waals surface area contributed by atoms with Gasteiger partial charge in [-0.25, -0.2) is 15.0 Å². The maximum absolute atomic E-state index is 4.96. The third kappa shape index (κ3) is 4.63. The van der Waals surface area contributed by atoms with E-state index in [4.69, 9.17) is 15.0 Å². The molecule has 0 unspecified atom stereocenters. The molecule has 0 fully saturated rings. The Balaban J connectivity index is 1.13. The van der Waals surface area contributed by atoms with Crippen molar-refractivity contribution in [1.82, 2.24) is 15.0 Å². The second kappa shape index (κ2) is 11.5. The number of benzene rings is 8. The standard InChI is InChI=1S/C47H29N3/c1-3-12-31(13-4-1)45-48-46(32-14-5-2-6-15-32)50-47(49-45)33-24-22-30(23-25-33)42-28-34-16-7-8-17-35(34)29-43(42)38-26-27-41-37-19-10-9-18-36(37)39-20-11-21-40(38)44(39)41/h1-29H. The molecule has 3 nitrogen and oxygen atoms in total. The van der Waals surface area contributed by atoms with Crippen LogP contribution in [0.4, 0.5) is 0 Å². The lowest BCUT2D eigenvalue weighted by Crippen LogP contribution is -2.00. The smallest absolute Gasteiger partial charge is 0.164 e. The van der Waals surface area contributed by atoms with E-state index in [1.165, 1.54) is 60.5 Å². The summed E-state index contributed by atoms with van der Waals surface area (Å²) in [4.78, 5) is 14.8. The van der Waals surface area contributed by atoms with Gasteiger partial charge in [-0.2, -0.15) is 0 Å². The van der Waals surface area contributed by atoms with Gasteiger partial charge in [-0.3, -0.25) is 0 Å². The molecule has 3 heteroatoms. The molecule has 8 aromatic carbocycles. The zero-order valence-electron chi connectivity index (χ0n) is 27.1. The molecule has 1 heterocycles. The molecule has 232 valence electrons. The van der Waals surface area contributed by atoms with E-state index < -0.39 is 0 Å². The summed E-state index contributed by atoms with van der Waals surface area (Å²) in [6.45, 7) is 0. The van der Waals surface area contributed by atoms with Gasteiger partial charge in [-0.15, -0.1) is 0 Å². The van der Waals surface area contributed by atoms with Crippen molar-refractivity contribution in [3.05, 3.63) is 176 Å². The van der Waals surface area contributed by atoms with Crippen molar-refractivity contribution in [3.8, 4) is 78.7 Å². The molecular formula is C47H29N3. The van der Waals surface area contributed by atoms with Crippen LogP contribution in [0.2, 0.25) is 0 Å². The first-order valence-corrected chi connectivity index (χ1v) is 16.9. The van der Waals surface area contributed by atoms with Gasteiger partial charge in [-0.05, 0) is 78.2 Å². The van der Waals surface area contributed by atoms with Crippen LogP contribution in [0, 0.1) is 0 Å². The molecule has 1 aliphatic rings. The van der Waals surface area contributed by atoms with Gasteiger partial charge in [0.25, 0.3) is 0 Å². The van der Waals surface area contributed by atoms with Gasteiger partial charge in [0, 0.05) is 16.7 Å². The Labute approximate surface area is 290 Å². The van der Waals surface area contributed by atoms with E-state index in [1.807, 2.05) is 60.7 Å². The number of hydrogen-bond donors (Lipinski definition) is 0. The third-order valence-corrected chi connectivity index (χ3v) is 9.88. The molecular weight excluding hydrogens is 607 g/mol. The first-order chi connectivity index (χ1) is 24.8. The molecule has 0 atom stereocenters. The molecule has 1 aliphatic carbocycles. The molecule has 0 bridgehead atoms. The van der Waals surface area contributed by atoms with Gasteiger partial charge >= 0.3 is 0 Å². The van der Waals surface area contributed by atoms with Crippen molar-refractivity contribution in [2.24, 2.45) is 0 Å². The van der Waals surface area contributed by atoms with Gasteiger partial charge in [0.1, 0.15) is 0 Å². The van der Waals surface area contributed by atoms with Crippen LogP contribution < -0.4 is 0 Å². The summed E-state index contributed by atoms with van der Waals surface area (Å²) in [5.74, 6) is 1.96. The summed E-state index contributed by atoms with van der Waals surface area (Å²) in [6, 6.07) is 62.3. The Morgan fingerprint density at radius 3 is 1.30 bits per heavy atom. The van der Waals surface area contributed by atoms with E-state index in [1.54, 1.807) is 0 Å². The van der Waals surface area contributed by atoms with Crippen molar-refractivity contribution in [1.29, 1.82) is 0 Å². The molecule has 0 amide bonds. The van der Waals surface area contributed by atoms with Crippen molar-refractivity contribution >= 4 is 21.5 Å². The normalized spacial score (nSPS) is 11.6. The van der Waals surface area contributed by atoms with E-state index in [-0.39, 0.29) is 0 Å². The quantitative estimate of drug-likeness (QED) is 0.189. The number of rotatable bonds is 5. The largest absolute Gasteiger partial charge is 0.208 e. The molecule has 0 N–H and O–H groups in total. The Morgan fingerprint density at radius 2 is 0.700 bits per heavy atom. The minimum absolute atomic E-state index is 0.648. The molecule has 10 rings (SSSR count). The van der Waals surface area contributed by atoms with E-state index in [0.717, 1.165) is 22.3 Å². The van der Waals surface area contributed by atoms with E-state index in [9.17, 15) is 0 Å². The average Bonchev–Trinajstić information content (AvgIpc) is 3.53. The molecule has 0 saturated heterocycles.